The Hall–Kier alpha value is -1.62. The zero-order valence-corrected chi connectivity index (χ0v) is 10.1. The quantitative estimate of drug-likeness (QED) is 0.888. The van der Waals surface area contributed by atoms with E-state index in [9.17, 15) is 4.79 Å². The minimum Gasteiger partial charge on any atom is -0.478 e. The Morgan fingerprint density at radius 1 is 1.50 bits per heavy atom. The summed E-state index contributed by atoms with van der Waals surface area (Å²) in [5, 5.41) is 12.7. The number of pyridine rings is 1. The van der Waals surface area contributed by atoms with Gasteiger partial charge in [0.05, 0.1) is 11.2 Å². The lowest BCUT2D eigenvalue weighted by molar-refractivity contribution is 0.0697. The van der Waals surface area contributed by atoms with E-state index in [-0.39, 0.29) is 5.56 Å². The smallest absolute Gasteiger partial charge is 0.339 e. The van der Waals surface area contributed by atoms with E-state index in [4.69, 9.17) is 5.11 Å². The van der Waals surface area contributed by atoms with Crippen LogP contribution in [0.4, 0.5) is 5.69 Å². The number of nitrogens with zero attached hydrogens (tertiary/aromatic N) is 1. The molecule has 5 heteroatoms. The number of hydrogen-bond donors (Lipinski definition) is 2. The lowest BCUT2D eigenvalue weighted by Gasteiger charge is -2.09. The van der Waals surface area contributed by atoms with Gasteiger partial charge in [-0.15, -0.1) is 0 Å². The Kier molecular flexibility index (Phi) is 2.78. The molecule has 1 aromatic heterocycles. The van der Waals surface area contributed by atoms with Crippen LogP contribution in [0.5, 0.6) is 0 Å². The molecule has 0 amide bonds. The summed E-state index contributed by atoms with van der Waals surface area (Å²) in [5.41, 5.74) is 1.52. The molecule has 0 radical (unpaired) electrons. The van der Waals surface area contributed by atoms with E-state index in [2.05, 4.69) is 26.2 Å². The summed E-state index contributed by atoms with van der Waals surface area (Å²) < 4.78 is 0.914. The summed E-state index contributed by atoms with van der Waals surface area (Å²) in [6, 6.07) is 5.54. The van der Waals surface area contributed by atoms with Gasteiger partial charge in [0, 0.05) is 23.1 Å². The van der Waals surface area contributed by atoms with E-state index in [1.807, 2.05) is 18.2 Å². The molecule has 2 rings (SSSR count). The second-order valence-corrected chi connectivity index (χ2v) is 4.18. The fourth-order valence-corrected chi connectivity index (χ4v) is 1.95. The fourth-order valence-electron chi connectivity index (χ4n) is 1.60. The molecule has 1 heterocycles. The van der Waals surface area contributed by atoms with Crippen molar-refractivity contribution in [3.63, 3.8) is 0 Å². The number of benzene rings is 1. The molecule has 0 aliphatic rings. The van der Waals surface area contributed by atoms with Gasteiger partial charge in [-0.05, 0) is 18.2 Å². The van der Waals surface area contributed by atoms with Crippen molar-refractivity contribution < 1.29 is 9.90 Å². The molecule has 0 aliphatic carbocycles. The number of aromatic nitrogens is 1. The molecule has 82 valence electrons. The third-order valence-corrected chi connectivity index (χ3v) is 2.80. The van der Waals surface area contributed by atoms with Gasteiger partial charge in [0.2, 0.25) is 0 Å². The van der Waals surface area contributed by atoms with Gasteiger partial charge in [0.1, 0.15) is 5.56 Å². The largest absolute Gasteiger partial charge is 0.478 e. The van der Waals surface area contributed by atoms with Crippen molar-refractivity contribution in [2.45, 2.75) is 0 Å². The first-order valence-corrected chi connectivity index (χ1v) is 5.42. The van der Waals surface area contributed by atoms with Crippen LogP contribution in [0.15, 0.2) is 28.9 Å². The SMILES string of the molecule is CNc1c(C(=O)O)cnc2cc(Br)ccc12. The molecular formula is C11H9BrN2O2. The Labute approximate surface area is 100 Å². The highest BCUT2D eigenvalue weighted by molar-refractivity contribution is 9.10. The molecule has 0 unspecified atom stereocenters. The van der Waals surface area contributed by atoms with Gasteiger partial charge >= 0.3 is 5.97 Å². The van der Waals surface area contributed by atoms with Gasteiger partial charge in [-0.1, -0.05) is 15.9 Å². The first-order chi connectivity index (χ1) is 7.63. The van der Waals surface area contributed by atoms with Gasteiger partial charge in [0.25, 0.3) is 0 Å². The summed E-state index contributed by atoms with van der Waals surface area (Å²) in [7, 11) is 1.70. The highest BCUT2D eigenvalue weighted by atomic mass is 79.9. The van der Waals surface area contributed by atoms with Gasteiger partial charge in [-0.25, -0.2) is 4.79 Å². The lowest BCUT2D eigenvalue weighted by atomic mass is 10.1. The number of hydrogen-bond acceptors (Lipinski definition) is 3. The number of anilines is 1. The second-order valence-electron chi connectivity index (χ2n) is 3.26. The van der Waals surface area contributed by atoms with Crippen LogP contribution in [0.2, 0.25) is 0 Å². The second kappa shape index (κ2) is 4.09. The number of carboxylic acids is 1. The predicted octanol–water partition coefficient (Wildman–Crippen LogP) is 2.74. The van der Waals surface area contributed by atoms with Crippen molar-refractivity contribution >= 4 is 38.5 Å². The number of fused-ring (bicyclic) bond motifs is 1. The van der Waals surface area contributed by atoms with Gasteiger partial charge < -0.3 is 10.4 Å². The van der Waals surface area contributed by atoms with E-state index in [0.717, 1.165) is 15.4 Å². The maximum absolute atomic E-state index is 11.0. The maximum atomic E-state index is 11.0. The predicted molar refractivity (Wildman–Crippen MR) is 65.9 cm³/mol. The van der Waals surface area contributed by atoms with Crippen LogP contribution in [0.25, 0.3) is 10.9 Å². The van der Waals surface area contributed by atoms with E-state index in [0.29, 0.717) is 5.69 Å². The molecule has 2 aromatic rings. The molecule has 0 saturated heterocycles. The maximum Gasteiger partial charge on any atom is 0.339 e. The molecule has 0 bridgehead atoms. The van der Waals surface area contributed by atoms with Crippen LogP contribution in [0.1, 0.15) is 10.4 Å². The summed E-state index contributed by atoms with van der Waals surface area (Å²) in [4.78, 5) is 15.1. The van der Waals surface area contributed by atoms with E-state index < -0.39 is 5.97 Å². The van der Waals surface area contributed by atoms with Crippen LogP contribution in [0, 0.1) is 0 Å². The third kappa shape index (κ3) is 1.74. The van der Waals surface area contributed by atoms with E-state index >= 15 is 0 Å². The highest BCUT2D eigenvalue weighted by Crippen LogP contribution is 2.27. The molecule has 0 aliphatic heterocycles. The Morgan fingerprint density at radius 3 is 2.88 bits per heavy atom. The standard InChI is InChI=1S/C11H9BrN2O2/c1-13-10-7-3-2-6(12)4-9(7)14-5-8(10)11(15)16/h2-5H,1H3,(H,13,14)(H,15,16). The Morgan fingerprint density at radius 2 is 2.25 bits per heavy atom. The molecular weight excluding hydrogens is 272 g/mol. The van der Waals surface area contributed by atoms with Crippen molar-refractivity contribution in [3.8, 4) is 0 Å². The summed E-state index contributed by atoms with van der Waals surface area (Å²) in [6.45, 7) is 0. The molecule has 0 fully saturated rings. The van der Waals surface area contributed by atoms with E-state index in [1.54, 1.807) is 7.05 Å². The fraction of sp³-hybridized carbons (Fsp3) is 0.0909. The zero-order chi connectivity index (χ0) is 11.7. The van der Waals surface area contributed by atoms with Crippen molar-refractivity contribution in [2.24, 2.45) is 0 Å². The minimum absolute atomic E-state index is 0.178. The first-order valence-electron chi connectivity index (χ1n) is 4.63. The van der Waals surface area contributed by atoms with Gasteiger partial charge in [0.15, 0.2) is 0 Å². The third-order valence-electron chi connectivity index (χ3n) is 2.31. The van der Waals surface area contributed by atoms with E-state index in [1.165, 1.54) is 6.20 Å². The topological polar surface area (TPSA) is 62.2 Å². The zero-order valence-electron chi connectivity index (χ0n) is 8.49. The molecule has 0 atom stereocenters. The van der Waals surface area contributed by atoms with Crippen LogP contribution in [-0.2, 0) is 0 Å². The molecule has 4 nitrogen and oxygen atoms in total. The average Bonchev–Trinajstić information content (AvgIpc) is 2.26. The number of carboxylic acid groups (broad SMARTS) is 1. The van der Waals surface area contributed by atoms with Crippen LogP contribution in [0.3, 0.4) is 0 Å². The highest BCUT2D eigenvalue weighted by Gasteiger charge is 2.13. The number of nitrogens with one attached hydrogen (secondary N) is 1. The van der Waals surface area contributed by atoms with Crippen molar-refractivity contribution in [2.75, 3.05) is 12.4 Å². The minimum atomic E-state index is -0.985. The summed E-state index contributed by atoms with van der Waals surface area (Å²) in [5.74, 6) is -0.985. The number of aromatic carboxylic acids is 1. The molecule has 0 saturated carbocycles. The van der Waals surface area contributed by atoms with Crippen molar-refractivity contribution in [1.82, 2.24) is 4.98 Å². The average molecular weight is 281 g/mol. The first kappa shape index (κ1) is 10.9. The van der Waals surface area contributed by atoms with Crippen LogP contribution in [-0.4, -0.2) is 23.1 Å². The molecule has 2 N–H and O–H groups in total. The van der Waals surface area contributed by atoms with Crippen LogP contribution < -0.4 is 5.32 Å². The van der Waals surface area contributed by atoms with Crippen molar-refractivity contribution in [1.29, 1.82) is 0 Å². The lowest BCUT2D eigenvalue weighted by Crippen LogP contribution is -2.04. The van der Waals surface area contributed by atoms with Crippen LogP contribution >= 0.6 is 15.9 Å². The Balaban J connectivity index is 2.80. The van der Waals surface area contributed by atoms with Gasteiger partial charge in [-0.3, -0.25) is 4.98 Å². The molecule has 1 aromatic carbocycles. The summed E-state index contributed by atoms with van der Waals surface area (Å²) >= 11 is 3.35. The number of halogens is 1. The summed E-state index contributed by atoms with van der Waals surface area (Å²) in [6.07, 6.45) is 1.36. The normalized spacial score (nSPS) is 10.4. The van der Waals surface area contributed by atoms with Crippen molar-refractivity contribution in [3.05, 3.63) is 34.4 Å². The van der Waals surface area contributed by atoms with Gasteiger partial charge in [-0.2, -0.15) is 0 Å². The number of carbonyl (C=O) groups is 1. The Bertz CT molecular complexity index is 569. The monoisotopic (exact) mass is 280 g/mol. The molecule has 16 heavy (non-hydrogen) atoms. The number of rotatable bonds is 2. The molecule has 0 spiro atoms.